The summed E-state index contributed by atoms with van der Waals surface area (Å²) >= 11 is 1.64. The summed E-state index contributed by atoms with van der Waals surface area (Å²) < 4.78 is 13.6. The number of ether oxygens (including phenoxy) is 2. The van der Waals surface area contributed by atoms with Crippen LogP contribution in [0.25, 0.3) is 11.3 Å². The standard InChI is InChI=1S/C22H27N3O2S/c1-15-11-19(16(2)25(15)13-18-8-6-10-27-18)20-14-28-22(24-20)23-12-17-7-4-5-9-21(17)26-3/h4-5,7,9,11,14,18H,6,8,10,12-13H2,1-3H3,(H,23,24)/t18-/m0/s1. The maximum Gasteiger partial charge on any atom is 0.183 e. The Morgan fingerprint density at radius 3 is 2.96 bits per heavy atom. The minimum Gasteiger partial charge on any atom is -0.496 e. The lowest BCUT2D eigenvalue weighted by Crippen LogP contribution is -2.16. The van der Waals surface area contributed by atoms with E-state index < -0.39 is 0 Å². The number of benzene rings is 1. The maximum atomic E-state index is 5.82. The van der Waals surface area contributed by atoms with E-state index in [4.69, 9.17) is 14.5 Å². The van der Waals surface area contributed by atoms with Crippen molar-refractivity contribution in [3.05, 3.63) is 52.7 Å². The quantitative estimate of drug-likeness (QED) is 0.608. The summed E-state index contributed by atoms with van der Waals surface area (Å²) in [6.45, 7) is 6.86. The first-order valence-electron chi connectivity index (χ1n) is 9.75. The maximum absolute atomic E-state index is 5.82. The molecule has 1 aliphatic rings. The third-order valence-electron chi connectivity index (χ3n) is 5.39. The van der Waals surface area contributed by atoms with Crippen LogP contribution >= 0.6 is 11.3 Å². The van der Waals surface area contributed by atoms with Crippen molar-refractivity contribution in [2.24, 2.45) is 0 Å². The molecular weight excluding hydrogens is 370 g/mol. The molecule has 1 saturated heterocycles. The first kappa shape index (κ1) is 19.0. The lowest BCUT2D eigenvalue weighted by molar-refractivity contribution is 0.0962. The Hall–Kier alpha value is -2.31. The van der Waals surface area contributed by atoms with Gasteiger partial charge in [-0.2, -0.15) is 0 Å². The van der Waals surface area contributed by atoms with Gasteiger partial charge >= 0.3 is 0 Å². The molecule has 4 rings (SSSR count). The highest BCUT2D eigenvalue weighted by molar-refractivity contribution is 7.14. The minimum absolute atomic E-state index is 0.339. The molecule has 3 heterocycles. The number of thiazole rings is 1. The van der Waals surface area contributed by atoms with Crippen LogP contribution in [0, 0.1) is 13.8 Å². The second-order valence-electron chi connectivity index (χ2n) is 7.23. The number of hydrogen-bond donors (Lipinski definition) is 1. The zero-order chi connectivity index (χ0) is 19.5. The van der Waals surface area contributed by atoms with Crippen molar-refractivity contribution >= 4 is 16.5 Å². The number of nitrogens with one attached hydrogen (secondary N) is 1. The number of para-hydroxylation sites is 1. The molecule has 1 atom stereocenters. The van der Waals surface area contributed by atoms with E-state index in [9.17, 15) is 0 Å². The van der Waals surface area contributed by atoms with Crippen molar-refractivity contribution in [3.8, 4) is 17.0 Å². The second-order valence-corrected chi connectivity index (χ2v) is 8.09. The number of hydrogen-bond acceptors (Lipinski definition) is 5. The Balaban J connectivity index is 1.48. The molecule has 0 bridgehead atoms. The molecule has 3 aromatic rings. The van der Waals surface area contributed by atoms with Gasteiger partial charge in [0, 0.05) is 47.6 Å². The van der Waals surface area contributed by atoms with Gasteiger partial charge < -0.3 is 19.4 Å². The van der Waals surface area contributed by atoms with Crippen LogP contribution in [0.1, 0.15) is 29.8 Å². The van der Waals surface area contributed by atoms with Crippen LogP contribution in [0.15, 0.2) is 35.7 Å². The summed E-state index contributed by atoms with van der Waals surface area (Å²) in [5, 5.41) is 6.47. The van der Waals surface area contributed by atoms with Gasteiger partial charge in [-0.1, -0.05) is 18.2 Å². The SMILES string of the molecule is COc1ccccc1CNc1nc(-c2cc(C)n(C[C@@H]3CCCO3)c2C)cs1. The van der Waals surface area contributed by atoms with Crippen molar-refractivity contribution in [1.82, 2.24) is 9.55 Å². The molecule has 0 amide bonds. The van der Waals surface area contributed by atoms with E-state index in [2.05, 4.69) is 41.2 Å². The van der Waals surface area contributed by atoms with Gasteiger partial charge in [-0.25, -0.2) is 4.98 Å². The molecule has 1 N–H and O–H groups in total. The van der Waals surface area contributed by atoms with Crippen LogP contribution in [0.4, 0.5) is 5.13 Å². The van der Waals surface area contributed by atoms with Crippen LogP contribution in [-0.2, 0) is 17.8 Å². The molecule has 0 saturated carbocycles. The Morgan fingerprint density at radius 2 is 2.18 bits per heavy atom. The van der Waals surface area contributed by atoms with Crippen molar-refractivity contribution in [2.75, 3.05) is 19.0 Å². The van der Waals surface area contributed by atoms with Crippen molar-refractivity contribution < 1.29 is 9.47 Å². The molecule has 28 heavy (non-hydrogen) atoms. The minimum atomic E-state index is 0.339. The van der Waals surface area contributed by atoms with Crippen LogP contribution < -0.4 is 10.1 Å². The smallest absolute Gasteiger partial charge is 0.183 e. The van der Waals surface area contributed by atoms with E-state index >= 15 is 0 Å². The molecular formula is C22H27N3O2S. The van der Waals surface area contributed by atoms with Gasteiger partial charge in [-0.05, 0) is 38.8 Å². The van der Waals surface area contributed by atoms with E-state index in [-0.39, 0.29) is 0 Å². The number of aromatic nitrogens is 2. The molecule has 0 unspecified atom stereocenters. The van der Waals surface area contributed by atoms with Crippen LogP contribution in [-0.4, -0.2) is 29.4 Å². The van der Waals surface area contributed by atoms with E-state index in [1.54, 1.807) is 18.4 Å². The molecule has 2 aromatic heterocycles. The zero-order valence-corrected chi connectivity index (χ0v) is 17.5. The molecule has 0 radical (unpaired) electrons. The Kier molecular flexibility index (Phi) is 5.69. The van der Waals surface area contributed by atoms with Gasteiger partial charge in [0.2, 0.25) is 0 Å². The highest BCUT2D eigenvalue weighted by Gasteiger charge is 2.20. The van der Waals surface area contributed by atoms with Crippen molar-refractivity contribution in [3.63, 3.8) is 0 Å². The summed E-state index contributed by atoms with van der Waals surface area (Å²) in [4.78, 5) is 4.82. The second kappa shape index (κ2) is 8.37. The van der Waals surface area contributed by atoms with Crippen LogP contribution in [0.5, 0.6) is 5.75 Å². The first-order chi connectivity index (χ1) is 13.7. The van der Waals surface area contributed by atoms with Crippen molar-refractivity contribution in [2.45, 2.75) is 45.9 Å². The number of nitrogens with zero attached hydrogens (tertiary/aromatic N) is 2. The van der Waals surface area contributed by atoms with Gasteiger partial charge in [-0.3, -0.25) is 0 Å². The molecule has 1 aliphatic heterocycles. The molecule has 148 valence electrons. The molecule has 5 nitrogen and oxygen atoms in total. The van der Waals surface area contributed by atoms with E-state index in [0.29, 0.717) is 12.6 Å². The number of methoxy groups -OCH3 is 1. The Morgan fingerprint density at radius 1 is 1.32 bits per heavy atom. The van der Waals surface area contributed by atoms with Gasteiger partial charge in [0.1, 0.15) is 5.75 Å². The predicted octanol–water partition coefficient (Wildman–Crippen LogP) is 5.03. The first-order valence-corrected chi connectivity index (χ1v) is 10.6. The fourth-order valence-corrected chi connectivity index (χ4v) is 4.54. The average molecular weight is 398 g/mol. The molecule has 6 heteroatoms. The van der Waals surface area contributed by atoms with Gasteiger partial charge in [-0.15, -0.1) is 11.3 Å². The van der Waals surface area contributed by atoms with Crippen LogP contribution in [0.3, 0.4) is 0 Å². The average Bonchev–Trinajstić information content (AvgIpc) is 3.44. The number of anilines is 1. The third kappa shape index (κ3) is 3.93. The number of rotatable bonds is 7. The number of aryl methyl sites for hydroxylation is 1. The third-order valence-corrected chi connectivity index (χ3v) is 6.19. The van der Waals surface area contributed by atoms with E-state index in [0.717, 1.165) is 41.7 Å². The Bertz CT molecular complexity index is 941. The van der Waals surface area contributed by atoms with E-state index in [1.807, 2.05) is 18.2 Å². The topological polar surface area (TPSA) is 48.3 Å². The van der Waals surface area contributed by atoms with Gasteiger partial charge in [0.15, 0.2) is 5.13 Å². The summed E-state index contributed by atoms with van der Waals surface area (Å²) in [6.07, 6.45) is 2.66. The predicted molar refractivity (Wildman–Crippen MR) is 114 cm³/mol. The fourth-order valence-electron chi connectivity index (χ4n) is 3.83. The Labute approximate surface area is 170 Å². The molecule has 0 spiro atoms. The molecule has 1 aromatic carbocycles. The van der Waals surface area contributed by atoms with Crippen LogP contribution in [0.2, 0.25) is 0 Å². The lowest BCUT2D eigenvalue weighted by atomic mass is 10.2. The lowest BCUT2D eigenvalue weighted by Gasteiger charge is -2.14. The summed E-state index contributed by atoms with van der Waals surface area (Å²) in [5.74, 6) is 0.893. The van der Waals surface area contributed by atoms with Gasteiger partial charge in [0.05, 0.1) is 18.9 Å². The summed E-state index contributed by atoms with van der Waals surface area (Å²) in [5.41, 5.74) is 5.88. The van der Waals surface area contributed by atoms with Crippen molar-refractivity contribution in [1.29, 1.82) is 0 Å². The monoisotopic (exact) mass is 397 g/mol. The molecule has 0 aliphatic carbocycles. The highest BCUT2D eigenvalue weighted by atomic mass is 32.1. The zero-order valence-electron chi connectivity index (χ0n) is 16.7. The fraction of sp³-hybridized carbons (Fsp3) is 0.409. The summed E-state index contributed by atoms with van der Waals surface area (Å²) in [7, 11) is 1.70. The summed E-state index contributed by atoms with van der Waals surface area (Å²) in [6, 6.07) is 10.3. The highest BCUT2D eigenvalue weighted by Crippen LogP contribution is 2.31. The largest absolute Gasteiger partial charge is 0.496 e. The van der Waals surface area contributed by atoms with Gasteiger partial charge in [0.25, 0.3) is 0 Å². The molecule has 1 fully saturated rings. The van der Waals surface area contributed by atoms with E-state index in [1.165, 1.54) is 23.4 Å². The normalized spacial score (nSPS) is 16.5.